The first-order chi connectivity index (χ1) is 12.7. The lowest BCUT2D eigenvalue weighted by Gasteiger charge is -2.22. The molecule has 27 heavy (non-hydrogen) atoms. The molecule has 8 heteroatoms. The summed E-state index contributed by atoms with van der Waals surface area (Å²) in [6.07, 6.45) is 0. The van der Waals surface area contributed by atoms with Gasteiger partial charge in [0.2, 0.25) is 5.91 Å². The summed E-state index contributed by atoms with van der Waals surface area (Å²) in [6.45, 7) is 3.15. The molecule has 140 valence electrons. The lowest BCUT2D eigenvalue weighted by molar-refractivity contribution is -0.133. The van der Waals surface area contributed by atoms with Gasteiger partial charge in [0.15, 0.2) is 0 Å². The minimum absolute atomic E-state index is 0.381. The second-order valence-corrected chi connectivity index (χ2v) is 7.78. The molecule has 0 aromatic heterocycles. The van der Waals surface area contributed by atoms with Gasteiger partial charge in [0.25, 0.3) is 5.91 Å². The molecule has 0 bridgehead atoms. The van der Waals surface area contributed by atoms with Crippen molar-refractivity contribution in [1.82, 2.24) is 10.2 Å². The molecule has 1 aliphatic rings. The molecule has 2 aromatic carbocycles. The van der Waals surface area contributed by atoms with Crippen LogP contribution in [0.1, 0.15) is 18.1 Å². The maximum Gasteiger partial charge on any atom is 0.325 e. The van der Waals surface area contributed by atoms with Gasteiger partial charge in [-0.2, -0.15) is 0 Å². The zero-order valence-electron chi connectivity index (χ0n) is 14.7. The Labute approximate surface area is 170 Å². The normalized spacial score (nSPS) is 19.2. The van der Waals surface area contributed by atoms with Crippen LogP contribution in [0.25, 0.3) is 0 Å². The average molecular weight is 451 g/mol. The molecule has 1 unspecified atom stereocenters. The second-order valence-electron chi connectivity index (χ2n) is 6.48. The van der Waals surface area contributed by atoms with E-state index >= 15 is 0 Å². The van der Waals surface area contributed by atoms with Crippen molar-refractivity contribution in [3.05, 3.63) is 63.1 Å². The van der Waals surface area contributed by atoms with E-state index in [1.54, 1.807) is 37.3 Å². The molecule has 1 heterocycles. The number of carbonyl (C=O) groups excluding carboxylic acids is 3. The summed E-state index contributed by atoms with van der Waals surface area (Å²) in [5.41, 5.74) is 0.951. The number of hydrogen-bond donors (Lipinski definition) is 2. The summed E-state index contributed by atoms with van der Waals surface area (Å²) >= 11 is 9.27. The molecule has 2 aromatic rings. The fourth-order valence-corrected chi connectivity index (χ4v) is 3.59. The number of nitrogens with zero attached hydrogens (tertiary/aromatic N) is 1. The third kappa shape index (κ3) is 3.84. The minimum Gasteiger partial charge on any atom is -0.323 e. The number of rotatable bonds is 4. The van der Waals surface area contributed by atoms with Crippen molar-refractivity contribution >= 4 is 51.1 Å². The number of halogens is 2. The van der Waals surface area contributed by atoms with Gasteiger partial charge < -0.3 is 10.6 Å². The van der Waals surface area contributed by atoms with Crippen LogP contribution in [0, 0.1) is 6.92 Å². The highest BCUT2D eigenvalue weighted by molar-refractivity contribution is 9.10. The first kappa shape index (κ1) is 19.4. The summed E-state index contributed by atoms with van der Waals surface area (Å²) in [7, 11) is 0. The van der Waals surface area contributed by atoms with E-state index in [0.29, 0.717) is 16.3 Å². The van der Waals surface area contributed by atoms with Crippen molar-refractivity contribution in [2.45, 2.75) is 19.4 Å². The van der Waals surface area contributed by atoms with Crippen LogP contribution in [0.3, 0.4) is 0 Å². The quantitative estimate of drug-likeness (QED) is 0.695. The Morgan fingerprint density at radius 3 is 2.52 bits per heavy atom. The Morgan fingerprint density at radius 2 is 1.89 bits per heavy atom. The van der Waals surface area contributed by atoms with Crippen LogP contribution >= 0.6 is 27.5 Å². The van der Waals surface area contributed by atoms with Gasteiger partial charge in [-0.05, 0) is 65.2 Å². The predicted octanol–water partition coefficient (Wildman–Crippen LogP) is 3.82. The van der Waals surface area contributed by atoms with Gasteiger partial charge in [-0.15, -0.1) is 0 Å². The highest BCUT2D eigenvalue weighted by Crippen LogP contribution is 2.30. The van der Waals surface area contributed by atoms with Gasteiger partial charge in [-0.3, -0.25) is 14.5 Å². The van der Waals surface area contributed by atoms with Crippen LogP contribution < -0.4 is 10.6 Å². The van der Waals surface area contributed by atoms with Gasteiger partial charge in [0.05, 0.1) is 5.69 Å². The number of anilines is 1. The van der Waals surface area contributed by atoms with E-state index < -0.39 is 23.4 Å². The van der Waals surface area contributed by atoms with Crippen molar-refractivity contribution in [3.8, 4) is 0 Å². The third-order valence-electron chi connectivity index (χ3n) is 4.40. The highest BCUT2D eigenvalue weighted by Gasteiger charge is 2.49. The van der Waals surface area contributed by atoms with Gasteiger partial charge in [-0.25, -0.2) is 4.79 Å². The molecule has 4 amide bonds. The molecule has 0 radical (unpaired) electrons. The smallest absolute Gasteiger partial charge is 0.323 e. The molecule has 1 saturated heterocycles. The molecule has 0 aliphatic carbocycles. The Bertz CT molecular complexity index is 932. The molecular weight excluding hydrogens is 434 g/mol. The van der Waals surface area contributed by atoms with Crippen molar-refractivity contribution < 1.29 is 14.4 Å². The SMILES string of the molecule is Cc1ccc(NC(=O)CN2C(=O)NC(C)(c3ccc(Cl)cc3)C2=O)c(Br)c1. The summed E-state index contributed by atoms with van der Waals surface area (Å²) in [5, 5.41) is 5.89. The number of carbonyl (C=O) groups is 3. The highest BCUT2D eigenvalue weighted by atomic mass is 79.9. The van der Waals surface area contributed by atoms with Crippen LogP contribution in [-0.2, 0) is 15.1 Å². The molecule has 1 atom stereocenters. The number of urea groups is 1. The van der Waals surface area contributed by atoms with E-state index in [-0.39, 0.29) is 6.54 Å². The Balaban J connectivity index is 1.75. The molecular formula is C19H17BrClN3O3. The zero-order chi connectivity index (χ0) is 19.8. The zero-order valence-corrected chi connectivity index (χ0v) is 17.0. The maximum atomic E-state index is 12.8. The molecule has 0 saturated carbocycles. The van der Waals surface area contributed by atoms with E-state index in [4.69, 9.17) is 11.6 Å². The number of nitrogens with one attached hydrogen (secondary N) is 2. The van der Waals surface area contributed by atoms with Gasteiger partial charge >= 0.3 is 6.03 Å². The number of amides is 4. The summed E-state index contributed by atoms with van der Waals surface area (Å²) < 4.78 is 0.721. The van der Waals surface area contributed by atoms with Gasteiger partial charge in [0, 0.05) is 9.50 Å². The maximum absolute atomic E-state index is 12.8. The largest absolute Gasteiger partial charge is 0.325 e. The number of imide groups is 1. The third-order valence-corrected chi connectivity index (χ3v) is 5.30. The molecule has 0 spiro atoms. The summed E-state index contributed by atoms with van der Waals surface area (Å²) in [5.74, 6) is -0.962. The fourth-order valence-electron chi connectivity index (χ4n) is 2.87. The fraction of sp³-hybridized carbons (Fsp3) is 0.211. The van der Waals surface area contributed by atoms with Crippen molar-refractivity contribution in [1.29, 1.82) is 0 Å². The second kappa shape index (κ2) is 7.32. The van der Waals surface area contributed by atoms with E-state index in [9.17, 15) is 14.4 Å². The molecule has 3 rings (SSSR count). The van der Waals surface area contributed by atoms with Crippen molar-refractivity contribution in [3.63, 3.8) is 0 Å². The minimum atomic E-state index is -1.24. The van der Waals surface area contributed by atoms with Crippen molar-refractivity contribution in [2.75, 3.05) is 11.9 Å². The standard InChI is InChI=1S/C19H17BrClN3O3/c1-11-3-8-15(14(20)9-11)22-16(25)10-24-17(26)19(2,23-18(24)27)12-4-6-13(21)7-5-12/h3-9H,10H2,1-2H3,(H,22,25)(H,23,27). The number of hydrogen-bond acceptors (Lipinski definition) is 3. The summed E-state index contributed by atoms with van der Waals surface area (Å²) in [4.78, 5) is 38.4. The van der Waals surface area contributed by atoms with E-state index in [0.717, 1.165) is 14.9 Å². The van der Waals surface area contributed by atoms with Crippen LogP contribution in [0.2, 0.25) is 5.02 Å². The van der Waals surface area contributed by atoms with Crippen LogP contribution in [0.15, 0.2) is 46.9 Å². The van der Waals surface area contributed by atoms with Crippen LogP contribution in [-0.4, -0.2) is 29.3 Å². The Hall–Kier alpha value is -2.38. The molecule has 6 nitrogen and oxygen atoms in total. The number of benzene rings is 2. The number of aryl methyl sites for hydroxylation is 1. The van der Waals surface area contributed by atoms with E-state index in [1.165, 1.54) is 0 Å². The lowest BCUT2D eigenvalue weighted by Crippen LogP contribution is -2.42. The predicted molar refractivity (Wildman–Crippen MR) is 107 cm³/mol. The molecule has 1 fully saturated rings. The first-order valence-electron chi connectivity index (χ1n) is 8.17. The first-order valence-corrected chi connectivity index (χ1v) is 9.34. The Morgan fingerprint density at radius 1 is 1.22 bits per heavy atom. The molecule has 2 N–H and O–H groups in total. The van der Waals surface area contributed by atoms with Gasteiger partial charge in [-0.1, -0.05) is 29.8 Å². The molecule has 1 aliphatic heterocycles. The van der Waals surface area contributed by atoms with Crippen molar-refractivity contribution in [2.24, 2.45) is 0 Å². The monoisotopic (exact) mass is 449 g/mol. The van der Waals surface area contributed by atoms with E-state index in [1.807, 2.05) is 19.1 Å². The van der Waals surface area contributed by atoms with Crippen LogP contribution in [0.5, 0.6) is 0 Å². The van der Waals surface area contributed by atoms with Gasteiger partial charge in [0.1, 0.15) is 12.1 Å². The average Bonchev–Trinajstić information content (AvgIpc) is 2.82. The summed E-state index contributed by atoms with van der Waals surface area (Å²) in [6, 6.07) is 11.5. The van der Waals surface area contributed by atoms with E-state index in [2.05, 4.69) is 26.6 Å². The topological polar surface area (TPSA) is 78.5 Å². The van der Waals surface area contributed by atoms with Crippen LogP contribution in [0.4, 0.5) is 10.5 Å². The Kier molecular flexibility index (Phi) is 5.26. The lowest BCUT2D eigenvalue weighted by atomic mass is 9.92.